The van der Waals surface area contributed by atoms with Crippen molar-refractivity contribution in [3.63, 3.8) is 0 Å². The highest BCUT2D eigenvalue weighted by molar-refractivity contribution is 7.88. The van der Waals surface area contributed by atoms with E-state index >= 15 is 0 Å². The minimum atomic E-state index is -3.10. The molecule has 7 nitrogen and oxygen atoms in total. The van der Waals surface area contributed by atoms with Crippen LogP contribution in [0.15, 0.2) is 23.2 Å². The topological polar surface area (TPSA) is 83.0 Å². The van der Waals surface area contributed by atoms with Gasteiger partial charge >= 0.3 is 0 Å². The number of guanidine groups is 1. The summed E-state index contributed by atoms with van der Waals surface area (Å²) in [4.78, 5) is 4.22. The third-order valence-electron chi connectivity index (χ3n) is 4.85. The van der Waals surface area contributed by atoms with Gasteiger partial charge in [0, 0.05) is 26.7 Å². The summed E-state index contributed by atoms with van der Waals surface area (Å²) in [7, 11) is 0.0168. The van der Waals surface area contributed by atoms with E-state index in [0.717, 1.165) is 18.4 Å². The number of halogens is 1. The van der Waals surface area contributed by atoms with Gasteiger partial charge in [-0.3, -0.25) is 4.99 Å². The maximum absolute atomic E-state index is 13.9. The lowest BCUT2D eigenvalue weighted by molar-refractivity contribution is 0.274. The maximum Gasteiger partial charge on any atom is 0.211 e. The lowest BCUT2D eigenvalue weighted by Crippen LogP contribution is -2.44. The molecule has 1 aromatic rings. The number of nitrogens with one attached hydrogen (secondary N) is 2. The zero-order valence-corrected chi connectivity index (χ0v) is 17.1. The average Bonchev–Trinajstić information content (AvgIpc) is 2.64. The summed E-state index contributed by atoms with van der Waals surface area (Å²) in [6.07, 6.45) is 2.88. The smallest absolute Gasteiger partial charge is 0.211 e. The van der Waals surface area contributed by atoms with Gasteiger partial charge in [-0.15, -0.1) is 0 Å². The zero-order chi connectivity index (χ0) is 20.0. The van der Waals surface area contributed by atoms with Gasteiger partial charge in [-0.1, -0.05) is 6.07 Å². The Hall–Kier alpha value is -1.87. The fourth-order valence-corrected chi connectivity index (χ4v) is 4.00. The Labute approximate surface area is 161 Å². The minimum Gasteiger partial charge on any atom is -0.494 e. The van der Waals surface area contributed by atoms with Gasteiger partial charge in [-0.05, 0) is 43.4 Å². The molecule has 1 aliphatic rings. The van der Waals surface area contributed by atoms with Crippen LogP contribution in [0.5, 0.6) is 5.75 Å². The van der Waals surface area contributed by atoms with Crippen LogP contribution < -0.4 is 15.4 Å². The van der Waals surface area contributed by atoms with E-state index < -0.39 is 15.8 Å². The predicted molar refractivity (Wildman–Crippen MR) is 105 cm³/mol. The first-order chi connectivity index (χ1) is 12.7. The van der Waals surface area contributed by atoms with E-state index in [1.165, 1.54) is 23.7 Å². The standard InChI is InChI=1S/C18H29FN4O3S/c1-13(15-5-6-17(26-3)16(19)11-15)22-18(20-2)21-12-14-7-9-23(10-8-14)27(4,24)25/h5-6,11,13-14H,7-10,12H2,1-4H3,(H2,20,21,22). The van der Waals surface area contributed by atoms with Crippen LogP contribution in [0.3, 0.4) is 0 Å². The average molecular weight is 401 g/mol. The van der Waals surface area contributed by atoms with Gasteiger partial charge in [-0.25, -0.2) is 17.1 Å². The van der Waals surface area contributed by atoms with Gasteiger partial charge in [-0.2, -0.15) is 0 Å². The zero-order valence-electron chi connectivity index (χ0n) is 16.3. The largest absolute Gasteiger partial charge is 0.494 e. The van der Waals surface area contributed by atoms with Crippen LogP contribution in [0.1, 0.15) is 31.4 Å². The number of sulfonamides is 1. The van der Waals surface area contributed by atoms with Crippen molar-refractivity contribution in [1.82, 2.24) is 14.9 Å². The molecule has 1 aromatic carbocycles. The molecule has 0 amide bonds. The molecule has 152 valence electrons. The van der Waals surface area contributed by atoms with E-state index in [0.29, 0.717) is 31.5 Å². The SMILES string of the molecule is CN=C(NCC1CCN(S(C)(=O)=O)CC1)NC(C)c1ccc(OC)c(F)c1. The van der Waals surface area contributed by atoms with E-state index in [1.54, 1.807) is 13.1 Å². The maximum atomic E-state index is 13.9. The predicted octanol–water partition coefficient (Wildman–Crippen LogP) is 1.73. The Morgan fingerprint density at radius 1 is 1.41 bits per heavy atom. The number of rotatable bonds is 6. The van der Waals surface area contributed by atoms with E-state index in [4.69, 9.17) is 4.74 Å². The molecule has 0 spiro atoms. The summed E-state index contributed by atoms with van der Waals surface area (Å²) in [5.74, 6) is 0.831. The third kappa shape index (κ3) is 6.07. The first-order valence-corrected chi connectivity index (χ1v) is 10.8. The van der Waals surface area contributed by atoms with Crippen molar-refractivity contribution < 1.29 is 17.5 Å². The normalized spacial score (nSPS) is 18.2. The van der Waals surface area contributed by atoms with Crippen LogP contribution in [0.2, 0.25) is 0 Å². The van der Waals surface area contributed by atoms with Gasteiger partial charge < -0.3 is 15.4 Å². The summed E-state index contributed by atoms with van der Waals surface area (Å²) in [6.45, 7) is 3.75. The summed E-state index contributed by atoms with van der Waals surface area (Å²) >= 11 is 0. The third-order valence-corrected chi connectivity index (χ3v) is 6.16. The van der Waals surface area contributed by atoms with Crippen molar-refractivity contribution in [1.29, 1.82) is 0 Å². The first-order valence-electron chi connectivity index (χ1n) is 9.00. The number of nitrogens with zero attached hydrogens (tertiary/aromatic N) is 2. The highest BCUT2D eigenvalue weighted by atomic mass is 32.2. The van der Waals surface area contributed by atoms with Crippen molar-refractivity contribution in [3.05, 3.63) is 29.6 Å². The van der Waals surface area contributed by atoms with Crippen molar-refractivity contribution in [2.24, 2.45) is 10.9 Å². The number of aliphatic imine (C=N–C) groups is 1. The molecule has 27 heavy (non-hydrogen) atoms. The Bertz CT molecular complexity index is 762. The quantitative estimate of drug-likeness (QED) is 0.561. The highest BCUT2D eigenvalue weighted by Crippen LogP contribution is 2.22. The monoisotopic (exact) mass is 400 g/mol. The number of piperidine rings is 1. The molecule has 0 radical (unpaired) electrons. The second kappa shape index (κ2) is 9.36. The molecule has 1 saturated heterocycles. The Kier molecular flexibility index (Phi) is 7.43. The number of ether oxygens (including phenoxy) is 1. The lowest BCUT2D eigenvalue weighted by atomic mass is 9.98. The van der Waals surface area contributed by atoms with E-state index in [2.05, 4.69) is 15.6 Å². The van der Waals surface area contributed by atoms with Crippen molar-refractivity contribution in [2.75, 3.05) is 40.0 Å². The van der Waals surface area contributed by atoms with Gasteiger partial charge in [0.25, 0.3) is 0 Å². The van der Waals surface area contributed by atoms with Crippen LogP contribution >= 0.6 is 0 Å². The molecule has 2 N–H and O–H groups in total. The molecule has 1 heterocycles. The number of methoxy groups -OCH3 is 1. The molecule has 1 fully saturated rings. The van der Waals surface area contributed by atoms with Crippen LogP contribution in [0.25, 0.3) is 0 Å². The second-order valence-corrected chi connectivity index (χ2v) is 8.80. The van der Waals surface area contributed by atoms with Crippen molar-refractivity contribution in [2.45, 2.75) is 25.8 Å². The molecule has 1 aliphatic heterocycles. The van der Waals surface area contributed by atoms with Crippen LogP contribution in [-0.2, 0) is 10.0 Å². The molecule has 0 aromatic heterocycles. The molecule has 9 heteroatoms. The fraction of sp³-hybridized carbons (Fsp3) is 0.611. The summed E-state index contributed by atoms with van der Waals surface area (Å²) in [6, 6.07) is 4.73. The van der Waals surface area contributed by atoms with Crippen molar-refractivity contribution in [3.8, 4) is 5.75 Å². The summed E-state index contributed by atoms with van der Waals surface area (Å²) in [5.41, 5.74) is 0.790. The molecular formula is C18H29FN4O3S. The minimum absolute atomic E-state index is 0.135. The summed E-state index contributed by atoms with van der Waals surface area (Å²) in [5, 5.41) is 6.53. The van der Waals surface area contributed by atoms with Gasteiger partial charge in [0.1, 0.15) is 0 Å². The van der Waals surface area contributed by atoms with E-state index in [-0.39, 0.29) is 11.8 Å². The van der Waals surface area contributed by atoms with Crippen LogP contribution in [0, 0.1) is 11.7 Å². The Morgan fingerprint density at radius 3 is 2.59 bits per heavy atom. The van der Waals surface area contributed by atoms with Crippen LogP contribution in [-0.4, -0.2) is 58.7 Å². The second-order valence-electron chi connectivity index (χ2n) is 6.82. The molecule has 0 bridgehead atoms. The van der Waals surface area contributed by atoms with Gasteiger partial charge in [0.2, 0.25) is 10.0 Å². The van der Waals surface area contributed by atoms with Gasteiger partial charge in [0.15, 0.2) is 17.5 Å². The molecule has 0 saturated carbocycles. The fourth-order valence-electron chi connectivity index (χ4n) is 3.12. The first kappa shape index (κ1) is 21.4. The Morgan fingerprint density at radius 2 is 2.07 bits per heavy atom. The van der Waals surface area contributed by atoms with E-state index in [9.17, 15) is 12.8 Å². The number of benzene rings is 1. The van der Waals surface area contributed by atoms with Gasteiger partial charge in [0.05, 0.1) is 19.4 Å². The molecular weight excluding hydrogens is 371 g/mol. The lowest BCUT2D eigenvalue weighted by Gasteiger charge is -2.30. The highest BCUT2D eigenvalue weighted by Gasteiger charge is 2.25. The van der Waals surface area contributed by atoms with E-state index in [1.807, 2.05) is 13.0 Å². The molecule has 1 atom stereocenters. The molecule has 1 unspecified atom stereocenters. The summed E-state index contributed by atoms with van der Waals surface area (Å²) < 4.78 is 43.5. The number of hydrogen-bond donors (Lipinski definition) is 2. The number of hydrogen-bond acceptors (Lipinski definition) is 4. The molecule has 0 aliphatic carbocycles. The van der Waals surface area contributed by atoms with Crippen LogP contribution in [0.4, 0.5) is 4.39 Å². The molecule has 2 rings (SSSR count). The Balaban J connectivity index is 1.85. The van der Waals surface area contributed by atoms with Crippen molar-refractivity contribution >= 4 is 16.0 Å².